The molecule has 0 bridgehead atoms. The van der Waals surface area contributed by atoms with E-state index in [0.717, 1.165) is 37.0 Å². The molecule has 1 fully saturated rings. The number of likely N-dealkylation sites (N-methyl/N-ethyl adjacent to an activating group) is 1. The van der Waals surface area contributed by atoms with Crippen LogP contribution in [-0.4, -0.2) is 57.3 Å². The molecule has 1 aliphatic heterocycles. The van der Waals surface area contributed by atoms with E-state index in [1.165, 1.54) is 6.08 Å². The van der Waals surface area contributed by atoms with Crippen LogP contribution in [0.1, 0.15) is 43.0 Å². The second kappa shape index (κ2) is 10.7. The van der Waals surface area contributed by atoms with E-state index in [2.05, 4.69) is 5.32 Å². The Morgan fingerprint density at radius 1 is 1.13 bits per heavy atom. The summed E-state index contributed by atoms with van der Waals surface area (Å²) in [6, 6.07) is 10.3. The van der Waals surface area contributed by atoms with E-state index in [1.807, 2.05) is 31.1 Å². The summed E-state index contributed by atoms with van der Waals surface area (Å²) in [6.45, 7) is 1.57. The molecular formula is C23H31N3O4S. The number of hydrogen-bond acceptors (Lipinski definition) is 5. The summed E-state index contributed by atoms with van der Waals surface area (Å²) < 4.78 is 32.7. The third kappa shape index (κ3) is 6.29. The van der Waals surface area contributed by atoms with Crippen molar-refractivity contribution in [3.8, 4) is 0 Å². The Kier molecular flexibility index (Phi) is 8.06. The molecule has 1 N–H and O–H groups in total. The van der Waals surface area contributed by atoms with Crippen molar-refractivity contribution in [3.63, 3.8) is 0 Å². The third-order valence-electron chi connectivity index (χ3n) is 5.47. The minimum absolute atomic E-state index is 0.0594. The van der Waals surface area contributed by atoms with E-state index >= 15 is 0 Å². The fraction of sp³-hybridized carbons (Fsp3) is 0.435. The number of hydrogen-bond donors (Lipinski definition) is 1. The number of rotatable bonds is 8. The molecule has 7 nitrogen and oxygen atoms in total. The van der Waals surface area contributed by atoms with Crippen LogP contribution in [0.3, 0.4) is 0 Å². The second-order valence-electron chi connectivity index (χ2n) is 7.96. The highest BCUT2D eigenvalue weighted by atomic mass is 32.2. The van der Waals surface area contributed by atoms with Crippen molar-refractivity contribution in [1.29, 1.82) is 0 Å². The first-order valence-electron chi connectivity index (χ1n) is 10.6. The Balaban J connectivity index is 1.58. The molecule has 0 radical (unpaired) electrons. The first-order valence-corrected chi connectivity index (χ1v) is 12.1. The van der Waals surface area contributed by atoms with Gasteiger partial charge in [-0.15, -0.1) is 0 Å². The van der Waals surface area contributed by atoms with Crippen LogP contribution in [0.4, 0.5) is 0 Å². The summed E-state index contributed by atoms with van der Waals surface area (Å²) in [7, 11) is 0.389. The Hall–Kier alpha value is -2.42. The molecule has 1 unspecified atom stereocenters. The van der Waals surface area contributed by atoms with Crippen LogP contribution in [-0.2, 0) is 14.8 Å². The van der Waals surface area contributed by atoms with E-state index in [1.54, 1.807) is 40.9 Å². The van der Waals surface area contributed by atoms with Crippen LogP contribution in [0.25, 0.3) is 6.08 Å². The summed E-state index contributed by atoms with van der Waals surface area (Å²) in [5.74, 6) is 0.565. The van der Waals surface area contributed by atoms with Crippen molar-refractivity contribution in [2.24, 2.45) is 0 Å². The summed E-state index contributed by atoms with van der Waals surface area (Å²) >= 11 is 0. The zero-order valence-electron chi connectivity index (χ0n) is 18.2. The summed E-state index contributed by atoms with van der Waals surface area (Å²) in [5.41, 5.74) is 0.764. The van der Waals surface area contributed by atoms with E-state index in [0.29, 0.717) is 24.5 Å². The van der Waals surface area contributed by atoms with Crippen molar-refractivity contribution in [3.05, 3.63) is 60.1 Å². The number of furan rings is 1. The van der Waals surface area contributed by atoms with E-state index in [-0.39, 0.29) is 11.9 Å². The van der Waals surface area contributed by atoms with Gasteiger partial charge in [-0.3, -0.25) is 9.69 Å². The van der Waals surface area contributed by atoms with Crippen LogP contribution in [0.2, 0.25) is 0 Å². The second-order valence-corrected chi connectivity index (χ2v) is 9.90. The molecular weight excluding hydrogens is 414 g/mol. The number of amides is 1. The zero-order valence-corrected chi connectivity index (χ0v) is 19.0. The number of nitrogens with one attached hydrogen (secondary N) is 1. The molecule has 31 heavy (non-hydrogen) atoms. The largest absolute Gasteiger partial charge is 0.468 e. The monoisotopic (exact) mass is 445 g/mol. The first-order chi connectivity index (χ1) is 14.9. The SMILES string of the molecule is CN(C)C(CNC(=O)/C=C/c1ccc(S(=O)(=O)N2CCCCCC2)cc1)c1ccco1. The fourth-order valence-corrected chi connectivity index (χ4v) is 5.15. The predicted octanol–water partition coefficient (Wildman–Crippen LogP) is 3.28. The normalized spacial score (nSPS) is 17.0. The van der Waals surface area contributed by atoms with Gasteiger partial charge < -0.3 is 9.73 Å². The van der Waals surface area contributed by atoms with Crippen LogP contribution in [0.5, 0.6) is 0 Å². The molecule has 1 aromatic heterocycles. The van der Waals surface area contributed by atoms with Crippen molar-refractivity contribution >= 4 is 22.0 Å². The Bertz CT molecular complexity index is 959. The van der Waals surface area contributed by atoms with Gasteiger partial charge in [0.2, 0.25) is 15.9 Å². The smallest absolute Gasteiger partial charge is 0.244 e. The van der Waals surface area contributed by atoms with Gasteiger partial charge in [0.05, 0.1) is 17.2 Å². The lowest BCUT2D eigenvalue weighted by atomic mass is 10.2. The molecule has 3 rings (SSSR count). The highest BCUT2D eigenvalue weighted by molar-refractivity contribution is 7.89. The van der Waals surface area contributed by atoms with Crippen molar-refractivity contribution in [2.75, 3.05) is 33.7 Å². The Morgan fingerprint density at radius 3 is 2.39 bits per heavy atom. The van der Waals surface area contributed by atoms with Gasteiger partial charge in [0.25, 0.3) is 0 Å². The predicted molar refractivity (Wildman–Crippen MR) is 121 cm³/mol. The number of carbonyl (C=O) groups is 1. The molecule has 2 aromatic rings. The first kappa shape index (κ1) is 23.2. The van der Waals surface area contributed by atoms with Gasteiger partial charge in [-0.2, -0.15) is 4.31 Å². The van der Waals surface area contributed by atoms with Crippen molar-refractivity contribution < 1.29 is 17.6 Å². The molecule has 0 aliphatic carbocycles. The van der Waals surface area contributed by atoms with Crippen LogP contribution in [0.15, 0.2) is 58.1 Å². The van der Waals surface area contributed by atoms with Crippen molar-refractivity contribution in [1.82, 2.24) is 14.5 Å². The summed E-state index contributed by atoms with van der Waals surface area (Å²) in [5, 5.41) is 2.88. The van der Waals surface area contributed by atoms with Gasteiger partial charge in [0.1, 0.15) is 5.76 Å². The third-order valence-corrected chi connectivity index (χ3v) is 7.39. The van der Waals surface area contributed by atoms with E-state index in [9.17, 15) is 13.2 Å². The number of carbonyl (C=O) groups excluding carboxylic acids is 1. The Labute approximate surface area is 184 Å². The van der Waals surface area contributed by atoms with Crippen LogP contribution >= 0.6 is 0 Å². The summed E-state index contributed by atoms with van der Waals surface area (Å²) in [6.07, 6.45) is 8.71. The maximum Gasteiger partial charge on any atom is 0.244 e. The molecule has 0 spiro atoms. The van der Waals surface area contributed by atoms with Crippen LogP contribution < -0.4 is 5.32 Å². The van der Waals surface area contributed by atoms with Crippen molar-refractivity contribution in [2.45, 2.75) is 36.6 Å². The lowest BCUT2D eigenvalue weighted by Crippen LogP contribution is -2.33. The van der Waals surface area contributed by atoms with E-state index < -0.39 is 10.0 Å². The number of nitrogens with zero attached hydrogens (tertiary/aromatic N) is 2. The molecule has 168 valence electrons. The molecule has 1 aliphatic rings. The highest BCUT2D eigenvalue weighted by Crippen LogP contribution is 2.21. The molecule has 8 heteroatoms. The maximum absolute atomic E-state index is 12.9. The summed E-state index contributed by atoms with van der Waals surface area (Å²) in [4.78, 5) is 14.5. The van der Waals surface area contributed by atoms with E-state index in [4.69, 9.17) is 4.42 Å². The zero-order chi connectivity index (χ0) is 22.3. The van der Waals surface area contributed by atoms with Gasteiger partial charge in [-0.05, 0) is 62.8 Å². The lowest BCUT2D eigenvalue weighted by Gasteiger charge is -2.22. The molecule has 1 atom stereocenters. The van der Waals surface area contributed by atoms with Gasteiger partial charge in [-0.25, -0.2) is 8.42 Å². The van der Waals surface area contributed by atoms with Gasteiger partial charge in [-0.1, -0.05) is 25.0 Å². The Morgan fingerprint density at radius 2 is 1.81 bits per heavy atom. The maximum atomic E-state index is 12.9. The topological polar surface area (TPSA) is 82.9 Å². The number of sulfonamides is 1. The average molecular weight is 446 g/mol. The average Bonchev–Trinajstić information content (AvgIpc) is 3.12. The van der Waals surface area contributed by atoms with Gasteiger partial charge in [0.15, 0.2) is 0 Å². The lowest BCUT2D eigenvalue weighted by molar-refractivity contribution is -0.116. The minimum atomic E-state index is -3.46. The van der Waals surface area contributed by atoms with Gasteiger partial charge in [0, 0.05) is 25.7 Å². The molecule has 2 heterocycles. The van der Waals surface area contributed by atoms with Crippen LogP contribution in [0, 0.1) is 0 Å². The minimum Gasteiger partial charge on any atom is -0.468 e. The fourth-order valence-electron chi connectivity index (χ4n) is 3.63. The molecule has 0 saturated carbocycles. The molecule has 1 amide bonds. The molecule has 1 aromatic carbocycles. The quantitative estimate of drug-likeness (QED) is 0.631. The standard InChI is InChI=1S/C23H31N3O4S/c1-25(2)21(22-8-7-17-30-22)18-24-23(27)14-11-19-9-12-20(13-10-19)31(28,29)26-15-5-3-4-6-16-26/h7-14,17,21H,3-6,15-16,18H2,1-2H3,(H,24,27)/b14-11+. The van der Waals surface area contributed by atoms with Gasteiger partial charge >= 0.3 is 0 Å². The highest BCUT2D eigenvalue weighted by Gasteiger charge is 2.24. The molecule has 1 saturated heterocycles. The number of benzene rings is 1.